The third kappa shape index (κ3) is 3.61. The molecule has 8 nitrogen and oxygen atoms in total. The van der Waals surface area contributed by atoms with Crippen LogP contribution >= 0.6 is 31.9 Å². The van der Waals surface area contributed by atoms with Crippen molar-refractivity contribution in [3.63, 3.8) is 0 Å². The second kappa shape index (κ2) is 7.88. The maximum atomic E-state index is 13.1. The van der Waals surface area contributed by atoms with Crippen molar-refractivity contribution in [3.05, 3.63) is 66.0 Å². The first-order chi connectivity index (χ1) is 13.2. The number of imidazole rings is 1. The molecule has 0 radical (unpaired) electrons. The lowest BCUT2D eigenvalue weighted by Crippen LogP contribution is -2.41. The quantitative estimate of drug-likeness (QED) is 0.419. The van der Waals surface area contributed by atoms with E-state index >= 15 is 0 Å². The number of nitrogens with zero attached hydrogens (tertiary/aromatic N) is 4. The highest BCUT2D eigenvalue weighted by atomic mass is 79.9. The van der Waals surface area contributed by atoms with Crippen LogP contribution in [0.1, 0.15) is 17.3 Å². The van der Waals surface area contributed by atoms with Crippen molar-refractivity contribution in [1.29, 1.82) is 0 Å². The highest BCUT2D eigenvalue weighted by Gasteiger charge is 2.21. The summed E-state index contributed by atoms with van der Waals surface area (Å²) >= 11 is 6.66. The number of hydrogen-bond acceptors (Lipinski definition) is 5. The number of para-hydroxylation sites is 1. The number of carbonyl (C=O) groups excluding carboxylic acids is 1. The van der Waals surface area contributed by atoms with Crippen LogP contribution in [-0.2, 0) is 20.1 Å². The minimum absolute atomic E-state index is 0.0454. The molecule has 0 aliphatic carbocycles. The number of phenols is 1. The van der Waals surface area contributed by atoms with Crippen LogP contribution in [0.5, 0.6) is 5.75 Å². The van der Waals surface area contributed by atoms with Gasteiger partial charge in [-0.15, -0.1) is 0 Å². The fourth-order valence-corrected chi connectivity index (χ4v) is 3.44. The summed E-state index contributed by atoms with van der Waals surface area (Å²) in [5.74, 6) is -0.748. The van der Waals surface area contributed by atoms with Crippen LogP contribution in [0.3, 0.4) is 0 Å². The molecule has 0 amide bonds. The number of rotatable bonds is 5. The molecule has 0 aliphatic rings. The van der Waals surface area contributed by atoms with Gasteiger partial charge in [0.1, 0.15) is 5.75 Å². The van der Waals surface area contributed by atoms with E-state index in [2.05, 4.69) is 36.8 Å². The molecule has 0 fully saturated rings. The van der Waals surface area contributed by atoms with Gasteiger partial charge in [-0.25, -0.2) is 9.78 Å². The zero-order valence-electron chi connectivity index (χ0n) is 15.0. The first-order valence-electron chi connectivity index (χ1n) is 8.21. The highest BCUT2D eigenvalue weighted by molar-refractivity contribution is 9.11. The Bertz CT molecular complexity index is 1230. The monoisotopic (exact) mass is 510 g/mol. The number of allylic oxidation sites excluding steroid dienone is 2. The van der Waals surface area contributed by atoms with Crippen LogP contribution in [0.4, 0.5) is 0 Å². The van der Waals surface area contributed by atoms with Crippen molar-refractivity contribution < 1.29 is 9.90 Å². The number of benzene rings is 1. The van der Waals surface area contributed by atoms with Crippen LogP contribution in [0.15, 0.2) is 49.1 Å². The molecule has 28 heavy (non-hydrogen) atoms. The summed E-state index contributed by atoms with van der Waals surface area (Å²) in [6, 6.07) is 5.99. The van der Waals surface area contributed by atoms with E-state index in [1.807, 2.05) is 13.0 Å². The Morgan fingerprint density at radius 3 is 2.57 bits per heavy atom. The standard InChI is InChI=1S/C18H16Br2N4O4/c1-10(19)7-8-23-14-15(21-17(23)20)22(2)18(28)24(16(14)27)9-13(26)11-5-3-4-6-12(11)25/h3-7,25H,8-9H2,1-2H3/b10-7-. The molecule has 0 saturated heterocycles. The summed E-state index contributed by atoms with van der Waals surface area (Å²) in [4.78, 5) is 42.6. The number of halogens is 2. The maximum absolute atomic E-state index is 13.1. The largest absolute Gasteiger partial charge is 0.507 e. The smallest absolute Gasteiger partial charge is 0.332 e. The number of carbonyl (C=O) groups is 1. The fraction of sp³-hybridized carbons (Fsp3) is 0.222. The summed E-state index contributed by atoms with van der Waals surface area (Å²) in [6.45, 7) is 1.70. The molecule has 2 heterocycles. The van der Waals surface area contributed by atoms with Gasteiger partial charge < -0.3 is 9.67 Å². The topological polar surface area (TPSA) is 99.1 Å². The number of Topliss-reactive ketones (excluding diaryl/α,β-unsaturated/α-hetero) is 1. The summed E-state index contributed by atoms with van der Waals surface area (Å²) in [5, 5.41) is 9.87. The number of hydrogen-bond donors (Lipinski definition) is 1. The second-order valence-corrected chi connectivity index (χ2v) is 8.09. The van der Waals surface area contributed by atoms with Gasteiger partial charge in [0.05, 0.1) is 12.1 Å². The Morgan fingerprint density at radius 2 is 1.93 bits per heavy atom. The van der Waals surface area contributed by atoms with Crippen molar-refractivity contribution in [2.75, 3.05) is 0 Å². The van der Waals surface area contributed by atoms with Crippen molar-refractivity contribution in [2.24, 2.45) is 7.05 Å². The van der Waals surface area contributed by atoms with E-state index < -0.39 is 23.6 Å². The molecule has 0 spiro atoms. The van der Waals surface area contributed by atoms with Gasteiger partial charge in [0.2, 0.25) is 0 Å². The van der Waals surface area contributed by atoms with E-state index in [0.29, 0.717) is 11.3 Å². The normalized spacial score (nSPS) is 11.9. The Hall–Kier alpha value is -2.46. The average molecular weight is 512 g/mol. The summed E-state index contributed by atoms with van der Waals surface area (Å²) in [6.07, 6.45) is 1.84. The van der Waals surface area contributed by atoms with E-state index in [1.165, 1.54) is 23.7 Å². The number of fused-ring (bicyclic) bond motifs is 1. The van der Waals surface area contributed by atoms with Crippen molar-refractivity contribution >= 4 is 48.8 Å². The van der Waals surface area contributed by atoms with Gasteiger partial charge in [0, 0.05) is 13.6 Å². The van der Waals surface area contributed by atoms with E-state index in [4.69, 9.17) is 0 Å². The molecule has 10 heteroatoms. The Labute approximate surface area is 176 Å². The number of aromatic hydroxyl groups is 1. The van der Waals surface area contributed by atoms with Crippen LogP contribution in [0.2, 0.25) is 0 Å². The summed E-state index contributed by atoms with van der Waals surface area (Å²) in [7, 11) is 1.49. The van der Waals surface area contributed by atoms with Gasteiger partial charge in [0.25, 0.3) is 5.56 Å². The van der Waals surface area contributed by atoms with E-state index in [-0.39, 0.29) is 22.5 Å². The van der Waals surface area contributed by atoms with Crippen LogP contribution < -0.4 is 11.2 Å². The second-order valence-electron chi connectivity index (χ2n) is 6.13. The van der Waals surface area contributed by atoms with Crippen LogP contribution in [-0.4, -0.2) is 29.6 Å². The number of aryl methyl sites for hydroxylation is 1. The Kier molecular flexibility index (Phi) is 5.71. The maximum Gasteiger partial charge on any atom is 0.332 e. The first-order valence-corrected chi connectivity index (χ1v) is 9.80. The molecule has 146 valence electrons. The molecule has 3 rings (SSSR count). The van der Waals surface area contributed by atoms with E-state index in [0.717, 1.165) is 9.05 Å². The molecule has 2 aromatic heterocycles. The third-order valence-electron chi connectivity index (χ3n) is 4.25. The van der Waals surface area contributed by atoms with Gasteiger partial charge in [-0.3, -0.25) is 18.7 Å². The molecule has 0 aliphatic heterocycles. The number of phenolic OH excluding ortho intramolecular Hbond substituents is 1. The third-order valence-corrected chi connectivity index (χ3v) is 5.18. The van der Waals surface area contributed by atoms with Gasteiger partial charge >= 0.3 is 5.69 Å². The van der Waals surface area contributed by atoms with Crippen LogP contribution in [0.25, 0.3) is 11.2 Å². The van der Waals surface area contributed by atoms with Crippen molar-refractivity contribution in [2.45, 2.75) is 20.0 Å². The van der Waals surface area contributed by atoms with Crippen molar-refractivity contribution in [1.82, 2.24) is 18.7 Å². The first kappa shape index (κ1) is 20.3. The van der Waals surface area contributed by atoms with Gasteiger partial charge in [-0.1, -0.05) is 34.1 Å². The lowest BCUT2D eigenvalue weighted by atomic mass is 10.1. The Balaban J connectivity index is 2.18. The van der Waals surface area contributed by atoms with Gasteiger partial charge in [-0.2, -0.15) is 0 Å². The molecule has 0 saturated carbocycles. The van der Waals surface area contributed by atoms with Crippen LogP contribution in [0, 0.1) is 0 Å². The fourth-order valence-electron chi connectivity index (χ4n) is 2.81. The van der Waals surface area contributed by atoms with Crippen molar-refractivity contribution in [3.8, 4) is 5.75 Å². The average Bonchev–Trinajstić information content (AvgIpc) is 2.98. The predicted octanol–water partition coefficient (Wildman–Crippen LogP) is 2.55. The lowest BCUT2D eigenvalue weighted by Gasteiger charge is -2.09. The number of aromatic nitrogens is 4. The zero-order chi connectivity index (χ0) is 20.6. The molecule has 3 aromatic rings. The minimum Gasteiger partial charge on any atom is -0.507 e. The molecule has 1 N–H and O–H groups in total. The Morgan fingerprint density at radius 1 is 1.25 bits per heavy atom. The molecular weight excluding hydrogens is 496 g/mol. The zero-order valence-corrected chi connectivity index (χ0v) is 18.2. The molecular formula is C18H16Br2N4O4. The van der Waals surface area contributed by atoms with E-state index in [1.54, 1.807) is 16.7 Å². The van der Waals surface area contributed by atoms with Gasteiger partial charge in [-0.05, 0) is 39.5 Å². The lowest BCUT2D eigenvalue weighted by molar-refractivity contribution is 0.0966. The SMILES string of the molecule is C/C(Br)=C/Cn1c(Br)nc2c1c(=O)n(CC(=O)c1ccccc1O)c(=O)n2C. The molecule has 1 aromatic carbocycles. The molecule has 0 bridgehead atoms. The van der Waals surface area contributed by atoms with E-state index in [9.17, 15) is 19.5 Å². The predicted molar refractivity (Wildman–Crippen MR) is 112 cm³/mol. The van der Waals surface area contributed by atoms with Gasteiger partial charge in [0.15, 0.2) is 21.7 Å². The molecule has 0 unspecified atom stereocenters. The summed E-state index contributed by atoms with van der Waals surface area (Å²) < 4.78 is 4.96. The highest BCUT2D eigenvalue weighted by Crippen LogP contribution is 2.18. The number of ketones is 1. The minimum atomic E-state index is -0.661. The summed E-state index contributed by atoms with van der Waals surface area (Å²) in [5.41, 5.74) is -0.826. The molecule has 0 atom stereocenters.